The summed E-state index contributed by atoms with van der Waals surface area (Å²) in [4.78, 5) is 12.3. The van der Waals surface area contributed by atoms with E-state index in [4.69, 9.17) is 9.47 Å². The van der Waals surface area contributed by atoms with Gasteiger partial charge in [0.05, 0.1) is 13.2 Å². The van der Waals surface area contributed by atoms with E-state index in [-0.39, 0.29) is 5.91 Å². The van der Waals surface area contributed by atoms with Crippen molar-refractivity contribution in [2.24, 2.45) is 5.92 Å². The van der Waals surface area contributed by atoms with Gasteiger partial charge in [0.2, 0.25) is 0 Å². The third-order valence-electron chi connectivity index (χ3n) is 3.10. The van der Waals surface area contributed by atoms with Crippen LogP contribution < -0.4 is 14.8 Å². The van der Waals surface area contributed by atoms with Crippen molar-refractivity contribution < 1.29 is 14.3 Å². The fourth-order valence-electron chi connectivity index (χ4n) is 2.00. The Morgan fingerprint density at radius 1 is 1.04 bits per heavy atom. The first-order valence-corrected chi connectivity index (χ1v) is 7.85. The molecule has 0 aliphatic carbocycles. The first kappa shape index (κ1) is 16.9. The average Bonchev–Trinajstić information content (AvgIpc) is 2.54. The van der Waals surface area contributed by atoms with Crippen LogP contribution in [-0.4, -0.2) is 19.1 Å². The van der Waals surface area contributed by atoms with Gasteiger partial charge in [-0.3, -0.25) is 4.79 Å². The van der Waals surface area contributed by atoms with E-state index in [1.54, 1.807) is 12.1 Å². The van der Waals surface area contributed by atoms with E-state index in [0.29, 0.717) is 30.4 Å². The number of carbonyl (C=O) groups is 1. The molecule has 1 amide bonds. The molecule has 0 saturated carbocycles. The highest BCUT2D eigenvalue weighted by atomic mass is 16.5. The lowest BCUT2D eigenvalue weighted by atomic mass is 10.2. The summed E-state index contributed by atoms with van der Waals surface area (Å²) in [6.45, 7) is 7.37. The molecule has 122 valence electrons. The molecule has 0 spiro atoms. The van der Waals surface area contributed by atoms with Gasteiger partial charge in [0.25, 0.3) is 5.91 Å². The third kappa shape index (κ3) is 5.33. The minimum atomic E-state index is -0.158. The third-order valence-corrected chi connectivity index (χ3v) is 3.10. The highest BCUT2D eigenvalue weighted by Crippen LogP contribution is 2.19. The van der Waals surface area contributed by atoms with Gasteiger partial charge in [0, 0.05) is 17.3 Å². The zero-order valence-electron chi connectivity index (χ0n) is 13.8. The Kier molecular flexibility index (Phi) is 6.03. The average molecular weight is 313 g/mol. The van der Waals surface area contributed by atoms with Crippen molar-refractivity contribution in [3.05, 3.63) is 54.1 Å². The molecule has 2 aromatic carbocycles. The van der Waals surface area contributed by atoms with Gasteiger partial charge in [-0.05, 0) is 49.2 Å². The van der Waals surface area contributed by atoms with E-state index >= 15 is 0 Å². The molecule has 0 saturated heterocycles. The van der Waals surface area contributed by atoms with E-state index in [9.17, 15) is 4.79 Å². The number of nitrogens with one attached hydrogen (secondary N) is 1. The lowest BCUT2D eigenvalue weighted by molar-refractivity contribution is 0.102. The molecule has 2 rings (SSSR count). The molecule has 0 bridgehead atoms. The summed E-state index contributed by atoms with van der Waals surface area (Å²) in [6, 6.07) is 14.5. The van der Waals surface area contributed by atoms with Gasteiger partial charge in [-0.15, -0.1) is 0 Å². The van der Waals surface area contributed by atoms with Crippen molar-refractivity contribution in [3.8, 4) is 11.5 Å². The van der Waals surface area contributed by atoms with Gasteiger partial charge >= 0.3 is 0 Å². The first-order valence-electron chi connectivity index (χ1n) is 7.85. The monoisotopic (exact) mass is 313 g/mol. The number of amides is 1. The van der Waals surface area contributed by atoms with Crippen molar-refractivity contribution in [1.29, 1.82) is 0 Å². The summed E-state index contributed by atoms with van der Waals surface area (Å²) in [7, 11) is 0. The van der Waals surface area contributed by atoms with Crippen molar-refractivity contribution in [2.45, 2.75) is 20.8 Å². The minimum Gasteiger partial charge on any atom is -0.494 e. The summed E-state index contributed by atoms with van der Waals surface area (Å²) < 4.78 is 11.0. The molecular weight excluding hydrogens is 290 g/mol. The minimum absolute atomic E-state index is 0.158. The van der Waals surface area contributed by atoms with Crippen LogP contribution in [0, 0.1) is 5.92 Å². The zero-order chi connectivity index (χ0) is 16.7. The van der Waals surface area contributed by atoms with Crippen LogP contribution in [-0.2, 0) is 0 Å². The Morgan fingerprint density at radius 2 is 1.78 bits per heavy atom. The molecule has 0 unspecified atom stereocenters. The van der Waals surface area contributed by atoms with E-state index in [1.165, 1.54) is 0 Å². The Bertz CT molecular complexity index is 635. The maximum Gasteiger partial charge on any atom is 0.255 e. The molecule has 23 heavy (non-hydrogen) atoms. The smallest absolute Gasteiger partial charge is 0.255 e. The van der Waals surface area contributed by atoms with Crippen LogP contribution in [0.1, 0.15) is 31.1 Å². The quantitative estimate of drug-likeness (QED) is 0.825. The normalized spacial score (nSPS) is 10.4. The van der Waals surface area contributed by atoms with Gasteiger partial charge in [-0.2, -0.15) is 0 Å². The maximum absolute atomic E-state index is 12.3. The Balaban J connectivity index is 1.99. The molecule has 4 heteroatoms. The fourth-order valence-corrected chi connectivity index (χ4v) is 2.00. The summed E-state index contributed by atoms with van der Waals surface area (Å²) in [5, 5.41) is 2.87. The molecule has 0 radical (unpaired) electrons. The van der Waals surface area contributed by atoms with Crippen molar-refractivity contribution in [2.75, 3.05) is 18.5 Å². The fraction of sp³-hybridized carbons (Fsp3) is 0.316. The molecule has 0 aromatic heterocycles. The molecule has 1 N–H and O–H groups in total. The van der Waals surface area contributed by atoms with Crippen LogP contribution in [0.25, 0.3) is 0 Å². The molecule has 0 aliphatic rings. The highest BCUT2D eigenvalue weighted by molar-refractivity contribution is 6.04. The molecule has 0 heterocycles. The second-order valence-electron chi connectivity index (χ2n) is 5.64. The van der Waals surface area contributed by atoms with E-state index in [1.807, 2.05) is 43.3 Å². The Morgan fingerprint density at radius 3 is 2.43 bits per heavy atom. The molecule has 0 aliphatic heterocycles. The number of hydrogen-bond acceptors (Lipinski definition) is 3. The highest BCUT2D eigenvalue weighted by Gasteiger charge is 2.07. The van der Waals surface area contributed by atoms with Crippen molar-refractivity contribution >= 4 is 11.6 Å². The van der Waals surface area contributed by atoms with Gasteiger partial charge < -0.3 is 14.8 Å². The van der Waals surface area contributed by atoms with E-state index < -0.39 is 0 Å². The van der Waals surface area contributed by atoms with Crippen LogP contribution in [0.4, 0.5) is 5.69 Å². The Labute approximate surface area is 137 Å². The zero-order valence-corrected chi connectivity index (χ0v) is 13.8. The number of carbonyl (C=O) groups excluding carboxylic acids is 1. The van der Waals surface area contributed by atoms with Crippen LogP contribution in [0.5, 0.6) is 11.5 Å². The van der Waals surface area contributed by atoms with Gasteiger partial charge in [-0.25, -0.2) is 0 Å². The van der Waals surface area contributed by atoms with E-state index in [0.717, 1.165) is 11.5 Å². The second kappa shape index (κ2) is 8.22. The van der Waals surface area contributed by atoms with E-state index in [2.05, 4.69) is 19.2 Å². The van der Waals surface area contributed by atoms with Crippen LogP contribution >= 0.6 is 0 Å². The largest absolute Gasteiger partial charge is 0.494 e. The van der Waals surface area contributed by atoms with Gasteiger partial charge in [-0.1, -0.05) is 19.9 Å². The standard InChI is InChI=1S/C19H23NO3/c1-4-22-18-7-5-6-16(12-18)20-19(21)15-8-10-17(11-9-15)23-13-14(2)3/h5-12,14H,4,13H2,1-3H3,(H,20,21). The summed E-state index contributed by atoms with van der Waals surface area (Å²) in [5.74, 6) is 1.82. The van der Waals surface area contributed by atoms with Crippen molar-refractivity contribution in [3.63, 3.8) is 0 Å². The summed E-state index contributed by atoms with van der Waals surface area (Å²) >= 11 is 0. The SMILES string of the molecule is CCOc1cccc(NC(=O)c2ccc(OCC(C)C)cc2)c1. The molecule has 4 nitrogen and oxygen atoms in total. The van der Waals surface area contributed by atoms with Crippen molar-refractivity contribution in [1.82, 2.24) is 0 Å². The Hall–Kier alpha value is -2.49. The number of rotatable bonds is 7. The number of benzene rings is 2. The van der Waals surface area contributed by atoms with Crippen LogP contribution in [0.2, 0.25) is 0 Å². The predicted octanol–water partition coefficient (Wildman–Crippen LogP) is 4.37. The number of anilines is 1. The second-order valence-corrected chi connectivity index (χ2v) is 5.64. The molecular formula is C19H23NO3. The van der Waals surface area contributed by atoms with Crippen LogP contribution in [0.3, 0.4) is 0 Å². The molecule has 0 fully saturated rings. The summed E-state index contributed by atoms with van der Waals surface area (Å²) in [5.41, 5.74) is 1.30. The maximum atomic E-state index is 12.3. The van der Waals surface area contributed by atoms with Crippen LogP contribution in [0.15, 0.2) is 48.5 Å². The summed E-state index contributed by atoms with van der Waals surface area (Å²) in [6.07, 6.45) is 0. The molecule has 0 atom stereocenters. The van der Waals surface area contributed by atoms with Gasteiger partial charge in [0.1, 0.15) is 11.5 Å². The number of ether oxygens (including phenoxy) is 2. The topological polar surface area (TPSA) is 47.6 Å². The lowest BCUT2D eigenvalue weighted by Crippen LogP contribution is -2.12. The predicted molar refractivity (Wildman–Crippen MR) is 92.3 cm³/mol. The van der Waals surface area contributed by atoms with Gasteiger partial charge in [0.15, 0.2) is 0 Å². The molecule has 2 aromatic rings. The lowest BCUT2D eigenvalue weighted by Gasteiger charge is -2.10. The first-order chi connectivity index (χ1) is 11.1. The number of hydrogen-bond donors (Lipinski definition) is 1.